The number of carboxylic acid groups (broad SMARTS) is 1. The molecule has 1 N–H and O–H groups in total. The first-order valence-electron chi connectivity index (χ1n) is 7.55. The van der Waals surface area contributed by atoms with Gasteiger partial charge in [-0.1, -0.05) is 12.8 Å². The predicted molar refractivity (Wildman–Crippen MR) is 75.9 cm³/mol. The van der Waals surface area contributed by atoms with Crippen LogP contribution in [0.1, 0.15) is 48.3 Å². The van der Waals surface area contributed by atoms with Crippen molar-refractivity contribution in [3.05, 3.63) is 17.5 Å². The van der Waals surface area contributed by atoms with Gasteiger partial charge in [0, 0.05) is 13.1 Å². The highest BCUT2D eigenvalue weighted by molar-refractivity contribution is 5.96. The third kappa shape index (κ3) is 2.32. The van der Waals surface area contributed by atoms with E-state index in [-0.39, 0.29) is 11.9 Å². The molecule has 2 fully saturated rings. The van der Waals surface area contributed by atoms with Gasteiger partial charge in [-0.25, -0.2) is 4.79 Å². The molecule has 0 radical (unpaired) electrons. The van der Waals surface area contributed by atoms with E-state index in [1.54, 1.807) is 22.7 Å². The van der Waals surface area contributed by atoms with Crippen LogP contribution in [0.2, 0.25) is 0 Å². The lowest BCUT2D eigenvalue weighted by Crippen LogP contribution is -2.46. The van der Waals surface area contributed by atoms with Gasteiger partial charge in [0.2, 0.25) is 0 Å². The summed E-state index contributed by atoms with van der Waals surface area (Å²) in [4.78, 5) is 26.0. The quantitative estimate of drug-likeness (QED) is 0.897. The lowest BCUT2D eigenvalue weighted by Gasteiger charge is -2.32. The van der Waals surface area contributed by atoms with E-state index < -0.39 is 12.0 Å². The van der Waals surface area contributed by atoms with E-state index in [1.165, 1.54) is 0 Å². The number of hydrogen-bond donors (Lipinski definition) is 1. The molecule has 3 rings (SSSR count). The third-order valence-electron chi connectivity index (χ3n) is 4.83. The van der Waals surface area contributed by atoms with E-state index in [9.17, 15) is 14.7 Å². The number of carbonyl (C=O) groups excluding carboxylic acids is 1. The number of fused-ring (bicyclic) bond motifs is 1. The predicted octanol–water partition coefficient (Wildman–Crippen LogP) is 1.59. The summed E-state index contributed by atoms with van der Waals surface area (Å²) in [5.41, 5.74) is 1.25. The molecule has 0 bridgehead atoms. The summed E-state index contributed by atoms with van der Waals surface area (Å²) in [6.07, 6.45) is 4.74. The van der Waals surface area contributed by atoms with Gasteiger partial charge in [-0.2, -0.15) is 5.10 Å². The number of rotatable bonds is 2. The number of nitrogens with zero attached hydrogens (tertiary/aromatic N) is 3. The van der Waals surface area contributed by atoms with Crippen LogP contribution in [0.4, 0.5) is 0 Å². The minimum Gasteiger partial charge on any atom is -0.480 e. The molecule has 1 saturated carbocycles. The molecule has 0 aromatic carbocycles. The maximum Gasteiger partial charge on any atom is 0.326 e. The van der Waals surface area contributed by atoms with Crippen molar-refractivity contribution in [1.29, 1.82) is 0 Å². The summed E-state index contributed by atoms with van der Waals surface area (Å²) in [7, 11) is 1.73. The minimum atomic E-state index is -0.892. The minimum absolute atomic E-state index is 0.0718. The Morgan fingerprint density at radius 1 is 1.33 bits per heavy atom. The van der Waals surface area contributed by atoms with Gasteiger partial charge in [0.25, 0.3) is 5.91 Å². The van der Waals surface area contributed by atoms with Gasteiger partial charge in [0.15, 0.2) is 0 Å². The molecule has 1 aliphatic carbocycles. The van der Waals surface area contributed by atoms with Gasteiger partial charge in [-0.15, -0.1) is 0 Å². The van der Waals surface area contributed by atoms with Gasteiger partial charge in [0.1, 0.15) is 11.7 Å². The van der Waals surface area contributed by atoms with Crippen molar-refractivity contribution >= 4 is 11.9 Å². The Morgan fingerprint density at radius 2 is 2.05 bits per heavy atom. The summed E-state index contributed by atoms with van der Waals surface area (Å²) in [6.45, 7) is 1.83. The van der Waals surface area contributed by atoms with Crippen LogP contribution in [-0.2, 0) is 11.8 Å². The zero-order chi connectivity index (χ0) is 15.1. The average Bonchev–Trinajstić information content (AvgIpc) is 2.98. The third-order valence-corrected chi connectivity index (χ3v) is 4.83. The molecule has 1 aromatic rings. The fourth-order valence-corrected chi connectivity index (χ4v) is 3.92. The first-order chi connectivity index (χ1) is 9.99. The molecule has 1 aliphatic heterocycles. The Bertz CT molecular complexity index is 581. The largest absolute Gasteiger partial charge is 0.480 e. The van der Waals surface area contributed by atoms with Crippen LogP contribution < -0.4 is 0 Å². The number of aliphatic carboxylic acids is 1. The van der Waals surface area contributed by atoms with E-state index in [0.717, 1.165) is 31.4 Å². The summed E-state index contributed by atoms with van der Waals surface area (Å²) in [5, 5.41) is 13.7. The molecular formula is C15H21N3O3. The molecule has 3 unspecified atom stereocenters. The monoisotopic (exact) mass is 291 g/mol. The van der Waals surface area contributed by atoms with E-state index in [4.69, 9.17) is 0 Å². The van der Waals surface area contributed by atoms with Crippen LogP contribution in [0.5, 0.6) is 0 Å². The van der Waals surface area contributed by atoms with Crippen molar-refractivity contribution in [3.63, 3.8) is 0 Å². The van der Waals surface area contributed by atoms with Gasteiger partial charge in [-0.3, -0.25) is 9.48 Å². The van der Waals surface area contributed by atoms with Gasteiger partial charge in [0.05, 0.1) is 5.69 Å². The Labute approximate surface area is 123 Å². The van der Waals surface area contributed by atoms with Gasteiger partial charge < -0.3 is 10.0 Å². The number of aryl methyl sites for hydroxylation is 2. The van der Waals surface area contributed by atoms with E-state index in [0.29, 0.717) is 18.0 Å². The van der Waals surface area contributed by atoms with Crippen molar-refractivity contribution in [2.45, 2.75) is 51.1 Å². The second-order valence-electron chi connectivity index (χ2n) is 6.21. The highest BCUT2D eigenvalue weighted by Gasteiger charge is 2.48. The van der Waals surface area contributed by atoms with Crippen LogP contribution in [0.3, 0.4) is 0 Å². The number of likely N-dealkylation sites (tertiary alicyclic amines) is 1. The Kier molecular flexibility index (Phi) is 3.47. The van der Waals surface area contributed by atoms with Gasteiger partial charge >= 0.3 is 5.97 Å². The van der Waals surface area contributed by atoms with Crippen molar-refractivity contribution in [2.24, 2.45) is 13.0 Å². The standard InChI is InChI=1S/C15H21N3O3/c1-9-7-12(17(2)16-9)14(19)18-11-6-4-3-5-10(11)8-13(18)15(20)21/h7,10-11,13H,3-6,8H2,1-2H3,(H,20,21). The SMILES string of the molecule is Cc1cc(C(=O)N2C(C(=O)O)CC3CCCCC32)n(C)n1. The van der Waals surface area contributed by atoms with Crippen molar-refractivity contribution in [2.75, 3.05) is 0 Å². The maximum absolute atomic E-state index is 12.9. The van der Waals surface area contributed by atoms with E-state index in [2.05, 4.69) is 5.10 Å². The lowest BCUT2D eigenvalue weighted by atomic mass is 9.84. The van der Waals surface area contributed by atoms with Crippen molar-refractivity contribution < 1.29 is 14.7 Å². The zero-order valence-electron chi connectivity index (χ0n) is 12.5. The average molecular weight is 291 g/mol. The fraction of sp³-hybridized carbons (Fsp3) is 0.667. The summed E-state index contributed by atoms with van der Waals surface area (Å²) in [6, 6.07) is 1.11. The molecule has 2 heterocycles. The number of aromatic nitrogens is 2. The smallest absolute Gasteiger partial charge is 0.326 e. The molecule has 114 valence electrons. The van der Waals surface area contributed by atoms with Gasteiger partial charge in [-0.05, 0) is 38.2 Å². The van der Waals surface area contributed by atoms with Crippen molar-refractivity contribution in [1.82, 2.24) is 14.7 Å². The number of hydrogen-bond acceptors (Lipinski definition) is 3. The molecule has 1 aromatic heterocycles. The maximum atomic E-state index is 12.9. The van der Waals surface area contributed by atoms with Crippen LogP contribution in [-0.4, -0.2) is 43.7 Å². The fourth-order valence-electron chi connectivity index (χ4n) is 3.92. The molecule has 6 nitrogen and oxygen atoms in total. The van der Waals surface area contributed by atoms with Crippen molar-refractivity contribution in [3.8, 4) is 0 Å². The van der Waals surface area contributed by atoms with E-state index >= 15 is 0 Å². The Balaban J connectivity index is 1.94. The van der Waals surface area contributed by atoms with Crippen LogP contribution in [0.25, 0.3) is 0 Å². The number of carbonyl (C=O) groups is 2. The number of carboxylic acids is 1. The van der Waals surface area contributed by atoms with E-state index in [1.807, 2.05) is 6.92 Å². The van der Waals surface area contributed by atoms with Crippen LogP contribution >= 0.6 is 0 Å². The highest BCUT2D eigenvalue weighted by atomic mass is 16.4. The first kappa shape index (κ1) is 14.1. The summed E-state index contributed by atoms with van der Waals surface area (Å²) < 4.78 is 1.55. The first-order valence-corrected chi connectivity index (χ1v) is 7.55. The van der Waals surface area contributed by atoms with Crippen LogP contribution in [0.15, 0.2) is 6.07 Å². The summed E-state index contributed by atoms with van der Waals surface area (Å²) in [5.74, 6) is -0.755. The lowest BCUT2D eigenvalue weighted by molar-refractivity contribution is -0.141. The molecule has 21 heavy (non-hydrogen) atoms. The Morgan fingerprint density at radius 3 is 2.67 bits per heavy atom. The topological polar surface area (TPSA) is 75.4 Å². The second kappa shape index (κ2) is 5.16. The molecule has 1 saturated heterocycles. The Hall–Kier alpha value is -1.85. The molecule has 2 aliphatic rings. The molecule has 0 spiro atoms. The zero-order valence-corrected chi connectivity index (χ0v) is 12.5. The molecule has 3 atom stereocenters. The molecule has 1 amide bonds. The molecule has 6 heteroatoms. The number of amides is 1. The molecular weight excluding hydrogens is 270 g/mol. The second-order valence-corrected chi connectivity index (χ2v) is 6.21. The van der Waals surface area contributed by atoms with Crippen LogP contribution in [0, 0.1) is 12.8 Å². The highest BCUT2D eigenvalue weighted by Crippen LogP contribution is 2.40. The normalized spacial score (nSPS) is 28.5. The summed E-state index contributed by atoms with van der Waals surface area (Å²) >= 11 is 0.